The molecule has 0 aromatic carbocycles. The number of aryl methyl sites for hydroxylation is 1. The second kappa shape index (κ2) is 3.55. The molecule has 76 valence electrons. The zero-order valence-corrected chi connectivity index (χ0v) is 9.31. The summed E-state index contributed by atoms with van der Waals surface area (Å²) in [5.41, 5.74) is 0.897. The van der Waals surface area contributed by atoms with Crippen molar-refractivity contribution in [1.29, 1.82) is 0 Å². The molecule has 5 heteroatoms. The lowest BCUT2D eigenvalue weighted by atomic mass is 10.4. The zero-order chi connectivity index (χ0) is 10.2. The van der Waals surface area contributed by atoms with Gasteiger partial charge < -0.3 is 5.32 Å². The number of nitrogens with zero attached hydrogens (tertiary/aromatic N) is 2. The number of hydrogen-bond acceptors (Lipinski definition) is 3. The first-order valence-electron chi connectivity index (χ1n) is 4.48. The average molecular weight is 232 g/mol. The van der Waals surface area contributed by atoms with E-state index in [1.807, 2.05) is 6.92 Å². The van der Waals surface area contributed by atoms with Crippen molar-refractivity contribution in [1.82, 2.24) is 9.97 Å². The fourth-order valence-electron chi connectivity index (χ4n) is 1.27. The Morgan fingerprint density at radius 2 is 2.29 bits per heavy atom. The Morgan fingerprint density at radius 1 is 1.57 bits per heavy atom. The molecule has 3 nitrogen and oxygen atoms in total. The summed E-state index contributed by atoms with van der Waals surface area (Å²) in [6.07, 6.45) is 4.26. The summed E-state index contributed by atoms with van der Waals surface area (Å²) in [5, 5.41) is 3.16. The number of nitrogens with one attached hydrogen (secondary N) is 1. The molecular formula is C9H11Cl2N3. The van der Waals surface area contributed by atoms with Gasteiger partial charge in [-0.2, -0.15) is 0 Å². The third-order valence-corrected chi connectivity index (χ3v) is 3.17. The quantitative estimate of drug-likeness (QED) is 0.813. The highest BCUT2D eigenvalue weighted by Gasteiger charge is 2.51. The number of rotatable bonds is 3. The first kappa shape index (κ1) is 9.99. The lowest BCUT2D eigenvalue weighted by Gasteiger charge is -2.04. The highest BCUT2D eigenvalue weighted by molar-refractivity contribution is 6.50. The average Bonchev–Trinajstić information content (AvgIpc) is 2.71. The summed E-state index contributed by atoms with van der Waals surface area (Å²) < 4.78 is -0.524. The van der Waals surface area contributed by atoms with Gasteiger partial charge in [-0.1, -0.05) is 0 Å². The third kappa shape index (κ3) is 2.28. The molecular weight excluding hydrogens is 221 g/mol. The molecule has 1 fully saturated rings. The predicted molar refractivity (Wildman–Crippen MR) is 57.8 cm³/mol. The van der Waals surface area contributed by atoms with Gasteiger partial charge in [0.1, 0.15) is 10.2 Å². The Morgan fingerprint density at radius 3 is 2.86 bits per heavy atom. The highest BCUT2D eigenvalue weighted by atomic mass is 35.5. The number of halogens is 2. The summed E-state index contributed by atoms with van der Waals surface area (Å²) in [6, 6.07) is 0. The molecule has 0 radical (unpaired) electrons. The van der Waals surface area contributed by atoms with Gasteiger partial charge in [0.15, 0.2) is 0 Å². The van der Waals surface area contributed by atoms with Gasteiger partial charge in [0.2, 0.25) is 0 Å². The van der Waals surface area contributed by atoms with E-state index in [-0.39, 0.29) is 0 Å². The largest absolute Gasteiger partial charge is 0.368 e. The van der Waals surface area contributed by atoms with Crippen LogP contribution in [0.3, 0.4) is 0 Å². The minimum absolute atomic E-state index is 0.327. The lowest BCUT2D eigenvalue weighted by Crippen LogP contribution is -2.09. The van der Waals surface area contributed by atoms with E-state index >= 15 is 0 Å². The maximum Gasteiger partial charge on any atom is 0.144 e. The summed E-state index contributed by atoms with van der Waals surface area (Å²) >= 11 is 11.8. The topological polar surface area (TPSA) is 37.8 Å². The third-order valence-electron chi connectivity index (χ3n) is 2.24. The highest BCUT2D eigenvalue weighted by Crippen LogP contribution is 2.52. The van der Waals surface area contributed by atoms with Crippen LogP contribution in [-0.2, 0) is 0 Å². The first-order valence-corrected chi connectivity index (χ1v) is 5.24. The molecule has 1 aliphatic carbocycles. The Bertz CT molecular complexity index is 341. The van der Waals surface area contributed by atoms with E-state index in [4.69, 9.17) is 23.2 Å². The molecule has 0 aliphatic heterocycles. The van der Waals surface area contributed by atoms with E-state index in [2.05, 4.69) is 15.3 Å². The molecule has 0 amide bonds. The van der Waals surface area contributed by atoms with Crippen LogP contribution >= 0.6 is 23.2 Å². The molecule has 1 aromatic heterocycles. The molecule has 2 rings (SSSR count). The Balaban J connectivity index is 1.87. The van der Waals surface area contributed by atoms with Crippen LogP contribution in [0.4, 0.5) is 5.82 Å². The number of hydrogen-bond donors (Lipinski definition) is 1. The van der Waals surface area contributed by atoms with Gasteiger partial charge in [-0.15, -0.1) is 23.2 Å². The lowest BCUT2D eigenvalue weighted by molar-refractivity contribution is 0.865. The van der Waals surface area contributed by atoms with Crippen molar-refractivity contribution in [2.24, 2.45) is 5.92 Å². The second-order valence-electron chi connectivity index (χ2n) is 3.59. The first-order chi connectivity index (χ1) is 6.58. The maximum atomic E-state index is 5.89. The summed E-state index contributed by atoms with van der Waals surface area (Å²) in [4.78, 5) is 8.29. The van der Waals surface area contributed by atoms with Gasteiger partial charge in [0.05, 0.1) is 11.9 Å². The molecule has 1 unspecified atom stereocenters. The molecule has 0 bridgehead atoms. The minimum atomic E-state index is -0.524. The molecule has 1 aliphatic rings. The van der Waals surface area contributed by atoms with Crippen LogP contribution in [0.1, 0.15) is 12.1 Å². The smallest absolute Gasteiger partial charge is 0.144 e. The molecule has 0 spiro atoms. The van der Waals surface area contributed by atoms with Crippen molar-refractivity contribution >= 4 is 29.0 Å². The minimum Gasteiger partial charge on any atom is -0.368 e. The summed E-state index contributed by atoms with van der Waals surface area (Å²) in [5.74, 6) is 1.11. The predicted octanol–water partition coefficient (Wildman–Crippen LogP) is 2.39. The Labute approximate surface area is 92.8 Å². The standard InChI is InChI=1S/C9H11Cl2N3/c1-6-3-12-5-8(14-6)13-4-7-2-9(7,10)11/h3,5,7H,2,4H2,1H3,(H,13,14). The zero-order valence-electron chi connectivity index (χ0n) is 7.80. The fourth-order valence-corrected chi connectivity index (χ4v) is 1.79. The maximum absolute atomic E-state index is 5.89. The molecule has 1 aromatic rings. The van der Waals surface area contributed by atoms with E-state index in [0.717, 1.165) is 24.5 Å². The van der Waals surface area contributed by atoms with Gasteiger partial charge in [-0.05, 0) is 13.3 Å². The number of aromatic nitrogens is 2. The van der Waals surface area contributed by atoms with Crippen LogP contribution in [0.15, 0.2) is 12.4 Å². The second-order valence-corrected chi connectivity index (χ2v) is 5.13. The van der Waals surface area contributed by atoms with Gasteiger partial charge in [0.25, 0.3) is 0 Å². The van der Waals surface area contributed by atoms with E-state index in [9.17, 15) is 0 Å². The molecule has 1 atom stereocenters. The van der Waals surface area contributed by atoms with Crippen LogP contribution in [-0.4, -0.2) is 20.8 Å². The van der Waals surface area contributed by atoms with Crippen molar-refractivity contribution in [3.8, 4) is 0 Å². The van der Waals surface area contributed by atoms with Crippen LogP contribution in [0.2, 0.25) is 0 Å². The molecule has 1 saturated carbocycles. The van der Waals surface area contributed by atoms with Crippen molar-refractivity contribution in [2.75, 3.05) is 11.9 Å². The Kier molecular flexibility index (Phi) is 2.54. The number of anilines is 1. The van der Waals surface area contributed by atoms with Crippen molar-refractivity contribution in [3.63, 3.8) is 0 Å². The van der Waals surface area contributed by atoms with Gasteiger partial charge in [-0.25, -0.2) is 4.98 Å². The van der Waals surface area contributed by atoms with Crippen LogP contribution in [0.5, 0.6) is 0 Å². The normalized spacial score (nSPS) is 23.2. The van der Waals surface area contributed by atoms with Crippen LogP contribution in [0.25, 0.3) is 0 Å². The molecule has 14 heavy (non-hydrogen) atoms. The van der Waals surface area contributed by atoms with Gasteiger partial charge in [0, 0.05) is 18.7 Å². The monoisotopic (exact) mass is 231 g/mol. The van der Waals surface area contributed by atoms with Gasteiger partial charge >= 0.3 is 0 Å². The van der Waals surface area contributed by atoms with Gasteiger partial charge in [-0.3, -0.25) is 4.98 Å². The Hall–Kier alpha value is -0.540. The number of alkyl halides is 2. The SMILES string of the molecule is Cc1cncc(NCC2CC2(Cl)Cl)n1. The summed E-state index contributed by atoms with van der Waals surface area (Å²) in [7, 11) is 0. The molecule has 0 saturated heterocycles. The van der Waals surface area contributed by atoms with E-state index < -0.39 is 4.33 Å². The molecule has 1 N–H and O–H groups in total. The summed E-state index contributed by atoms with van der Waals surface area (Å²) in [6.45, 7) is 2.66. The van der Waals surface area contributed by atoms with Crippen LogP contribution < -0.4 is 5.32 Å². The van der Waals surface area contributed by atoms with E-state index in [1.165, 1.54) is 0 Å². The van der Waals surface area contributed by atoms with Crippen molar-refractivity contribution in [3.05, 3.63) is 18.1 Å². The fraction of sp³-hybridized carbons (Fsp3) is 0.556. The van der Waals surface area contributed by atoms with Crippen molar-refractivity contribution < 1.29 is 0 Å². The molecule has 1 heterocycles. The van der Waals surface area contributed by atoms with E-state index in [0.29, 0.717) is 5.92 Å². The van der Waals surface area contributed by atoms with Crippen LogP contribution in [0, 0.1) is 12.8 Å². The van der Waals surface area contributed by atoms with Crippen molar-refractivity contribution in [2.45, 2.75) is 17.7 Å². The van der Waals surface area contributed by atoms with E-state index in [1.54, 1.807) is 12.4 Å².